The van der Waals surface area contributed by atoms with Crippen LogP contribution in [0.25, 0.3) is 0 Å². The predicted octanol–water partition coefficient (Wildman–Crippen LogP) is 2.13. The first-order valence-electron chi connectivity index (χ1n) is 6.75. The van der Waals surface area contributed by atoms with Gasteiger partial charge in [-0.1, -0.05) is 18.2 Å². The number of rotatable bonds is 4. The minimum Gasteiger partial charge on any atom is -0.496 e. The summed E-state index contributed by atoms with van der Waals surface area (Å²) in [6, 6.07) is 8.15. The van der Waals surface area contributed by atoms with Gasteiger partial charge in [-0.15, -0.1) is 0 Å². The number of para-hydroxylation sites is 1. The Hall–Kier alpha value is -1.06. The first-order valence-corrected chi connectivity index (χ1v) is 6.75. The van der Waals surface area contributed by atoms with Crippen molar-refractivity contribution in [2.75, 3.05) is 13.7 Å². The van der Waals surface area contributed by atoms with E-state index in [0.29, 0.717) is 5.92 Å². The van der Waals surface area contributed by atoms with Crippen LogP contribution in [0.15, 0.2) is 24.3 Å². The van der Waals surface area contributed by atoms with Gasteiger partial charge in [-0.2, -0.15) is 0 Å². The normalized spacial score (nSPS) is 31.6. The van der Waals surface area contributed by atoms with Gasteiger partial charge in [0.25, 0.3) is 0 Å². The summed E-state index contributed by atoms with van der Waals surface area (Å²) in [6.07, 6.45) is 4.58. The van der Waals surface area contributed by atoms with Crippen LogP contribution < -0.4 is 10.5 Å². The van der Waals surface area contributed by atoms with Gasteiger partial charge in [0.05, 0.1) is 13.2 Å². The summed E-state index contributed by atoms with van der Waals surface area (Å²) >= 11 is 0. The van der Waals surface area contributed by atoms with Crippen LogP contribution in [0.5, 0.6) is 5.75 Å². The first kappa shape index (κ1) is 12.0. The number of benzene rings is 1. The van der Waals surface area contributed by atoms with Crippen molar-refractivity contribution in [2.24, 2.45) is 11.7 Å². The molecule has 3 nitrogen and oxygen atoms in total. The monoisotopic (exact) mass is 247 g/mol. The summed E-state index contributed by atoms with van der Waals surface area (Å²) in [7, 11) is 1.71. The summed E-state index contributed by atoms with van der Waals surface area (Å²) in [5.74, 6) is 1.62. The summed E-state index contributed by atoms with van der Waals surface area (Å²) in [4.78, 5) is 0. The number of ether oxygens (including phenoxy) is 2. The summed E-state index contributed by atoms with van der Waals surface area (Å²) in [5, 5.41) is 0. The van der Waals surface area contributed by atoms with Gasteiger partial charge in [0.2, 0.25) is 0 Å². The minimum atomic E-state index is -0.212. The van der Waals surface area contributed by atoms with Crippen molar-refractivity contribution in [1.29, 1.82) is 0 Å². The van der Waals surface area contributed by atoms with Crippen LogP contribution >= 0.6 is 0 Å². The van der Waals surface area contributed by atoms with Crippen molar-refractivity contribution in [2.45, 2.75) is 37.3 Å². The number of hydrogen-bond acceptors (Lipinski definition) is 3. The Labute approximate surface area is 108 Å². The highest BCUT2D eigenvalue weighted by atomic mass is 16.5. The fourth-order valence-corrected chi connectivity index (χ4v) is 3.08. The van der Waals surface area contributed by atoms with Crippen molar-refractivity contribution >= 4 is 0 Å². The largest absolute Gasteiger partial charge is 0.496 e. The van der Waals surface area contributed by atoms with E-state index in [1.807, 2.05) is 18.2 Å². The second-order valence-electron chi connectivity index (χ2n) is 5.60. The van der Waals surface area contributed by atoms with Gasteiger partial charge >= 0.3 is 0 Å². The van der Waals surface area contributed by atoms with Crippen molar-refractivity contribution in [3.63, 3.8) is 0 Å². The topological polar surface area (TPSA) is 44.5 Å². The molecule has 98 valence electrons. The Kier molecular flexibility index (Phi) is 3.04. The van der Waals surface area contributed by atoms with Crippen molar-refractivity contribution in [3.8, 4) is 5.75 Å². The van der Waals surface area contributed by atoms with Crippen molar-refractivity contribution in [1.82, 2.24) is 0 Å². The standard InChI is InChI=1S/C15H21NO2/c1-17-13-5-3-2-4-12(13)10-15(16)8-9-18-14(15)11-6-7-11/h2-5,11,14H,6-10,16H2,1H3. The van der Waals surface area contributed by atoms with Gasteiger partial charge in [0.15, 0.2) is 0 Å². The molecule has 1 saturated heterocycles. The SMILES string of the molecule is COc1ccccc1CC1(N)CCOC1C1CC1. The lowest BCUT2D eigenvalue weighted by Gasteiger charge is -2.30. The molecule has 0 amide bonds. The van der Waals surface area contributed by atoms with Crippen LogP contribution in [0.4, 0.5) is 0 Å². The Morgan fingerprint density at radius 1 is 1.39 bits per heavy atom. The zero-order valence-electron chi connectivity index (χ0n) is 10.9. The van der Waals surface area contributed by atoms with Crippen molar-refractivity contribution in [3.05, 3.63) is 29.8 Å². The van der Waals surface area contributed by atoms with Crippen LogP contribution in [0, 0.1) is 5.92 Å². The third kappa shape index (κ3) is 2.13. The lowest BCUT2D eigenvalue weighted by Crippen LogP contribution is -2.50. The highest BCUT2D eigenvalue weighted by Gasteiger charge is 2.48. The second kappa shape index (κ2) is 4.56. The van der Waals surface area contributed by atoms with Gasteiger partial charge < -0.3 is 15.2 Å². The first-order chi connectivity index (χ1) is 8.73. The molecule has 2 aliphatic rings. The third-order valence-electron chi connectivity index (χ3n) is 4.19. The van der Waals surface area contributed by atoms with Crippen LogP contribution in [-0.2, 0) is 11.2 Å². The van der Waals surface area contributed by atoms with E-state index in [-0.39, 0.29) is 11.6 Å². The molecule has 0 bridgehead atoms. The molecule has 1 saturated carbocycles. The molecule has 2 N–H and O–H groups in total. The molecule has 2 atom stereocenters. The lowest BCUT2D eigenvalue weighted by molar-refractivity contribution is 0.0625. The molecule has 3 heteroatoms. The summed E-state index contributed by atoms with van der Waals surface area (Å²) in [6.45, 7) is 0.798. The molecule has 1 aliphatic carbocycles. The van der Waals surface area contributed by atoms with E-state index in [9.17, 15) is 0 Å². The third-order valence-corrected chi connectivity index (χ3v) is 4.19. The zero-order valence-corrected chi connectivity index (χ0v) is 10.9. The fraction of sp³-hybridized carbons (Fsp3) is 0.600. The maximum atomic E-state index is 6.62. The van der Waals surface area contributed by atoms with E-state index in [2.05, 4.69) is 6.07 Å². The van der Waals surface area contributed by atoms with E-state index in [1.54, 1.807) is 7.11 Å². The van der Waals surface area contributed by atoms with Crippen LogP contribution in [-0.4, -0.2) is 25.4 Å². The Bertz CT molecular complexity index is 430. The van der Waals surface area contributed by atoms with Crippen LogP contribution in [0.2, 0.25) is 0 Å². The highest BCUT2D eigenvalue weighted by molar-refractivity contribution is 5.35. The molecule has 1 aromatic carbocycles. The molecular weight excluding hydrogens is 226 g/mol. The van der Waals surface area contributed by atoms with Gasteiger partial charge in [-0.3, -0.25) is 0 Å². The van der Waals surface area contributed by atoms with Gasteiger partial charge in [0, 0.05) is 12.1 Å². The molecule has 2 fully saturated rings. The Balaban J connectivity index is 1.81. The summed E-state index contributed by atoms with van der Waals surface area (Å²) < 4.78 is 11.3. The molecule has 0 aromatic heterocycles. The van der Waals surface area contributed by atoms with Gasteiger partial charge in [-0.25, -0.2) is 0 Å². The van der Waals surface area contributed by atoms with Gasteiger partial charge in [-0.05, 0) is 43.2 Å². The lowest BCUT2D eigenvalue weighted by atomic mass is 9.83. The number of methoxy groups -OCH3 is 1. The molecule has 2 unspecified atom stereocenters. The molecule has 18 heavy (non-hydrogen) atoms. The summed E-state index contributed by atoms with van der Waals surface area (Å²) in [5.41, 5.74) is 7.60. The van der Waals surface area contributed by atoms with Crippen molar-refractivity contribution < 1.29 is 9.47 Å². The van der Waals surface area contributed by atoms with Gasteiger partial charge in [0.1, 0.15) is 5.75 Å². The van der Waals surface area contributed by atoms with E-state index in [0.717, 1.165) is 25.2 Å². The highest BCUT2D eigenvalue weighted by Crippen LogP contribution is 2.44. The fourth-order valence-electron chi connectivity index (χ4n) is 3.08. The van der Waals surface area contributed by atoms with E-state index >= 15 is 0 Å². The van der Waals surface area contributed by atoms with E-state index < -0.39 is 0 Å². The molecule has 3 rings (SSSR count). The maximum Gasteiger partial charge on any atom is 0.122 e. The molecule has 0 spiro atoms. The number of hydrogen-bond donors (Lipinski definition) is 1. The molecule has 0 radical (unpaired) electrons. The van der Waals surface area contributed by atoms with Crippen LogP contribution in [0.3, 0.4) is 0 Å². The molecule has 1 heterocycles. The number of nitrogens with two attached hydrogens (primary N) is 1. The Morgan fingerprint density at radius 2 is 2.17 bits per heavy atom. The van der Waals surface area contributed by atoms with E-state index in [4.69, 9.17) is 15.2 Å². The maximum absolute atomic E-state index is 6.62. The smallest absolute Gasteiger partial charge is 0.122 e. The average Bonchev–Trinajstić information content (AvgIpc) is 3.14. The average molecular weight is 247 g/mol. The molecule has 1 aromatic rings. The zero-order chi connectivity index (χ0) is 12.6. The van der Waals surface area contributed by atoms with E-state index in [1.165, 1.54) is 18.4 Å². The van der Waals surface area contributed by atoms with Crippen LogP contribution in [0.1, 0.15) is 24.8 Å². The molecule has 1 aliphatic heterocycles. The quantitative estimate of drug-likeness (QED) is 0.886. The second-order valence-corrected chi connectivity index (χ2v) is 5.60. The Morgan fingerprint density at radius 3 is 2.89 bits per heavy atom. The minimum absolute atomic E-state index is 0.212. The molecular formula is C15H21NO2. The predicted molar refractivity (Wildman–Crippen MR) is 70.7 cm³/mol.